The zero-order valence-electron chi connectivity index (χ0n) is 9.24. The van der Waals surface area contributed by atoms with Crippen molar-refractivity contribution in [2.24, 2.45) is 0 Å². The minimum Gasteiger partial charge on any atom is -0.383 e. The van der Waals surface area contributed by atoms with Gasteiger partial charge in [0, 0.05) is 23.7 Å². The standard InChI is InChI=1S/C12H11F2N3/c1-7-6-16-11(17-12(7)15)5-8-9(13)3-2-4-10(8)14/h2-4,6H,5H2,1H3,(H2,15,16,17). The van der Waals surface area contributed by atoms with E-state index in [0.29, 0.717) is 11.6 Å². The molecular weight excluding hydrogens is 224 g/mol. The normalized spacial score (nSPS) is 10.5. The minimum atomic E-state index is -0.604. The van der Waals surface area contributed by atoms with Crippen LogP contribution in [0, 0.1) is 18.6 Å². The number of aromatic nitrogens is 2. The smallest absolute Gasteiger partial charge is 0.135 e. The van der Waals surface area contributed by atoms with E-state index in [1.165, 1.54) is 24.4 Å². The van der Waals surface area contributed by atoms with Crippen LogP contribution in [-0.2, 0) is 6.42 Å². The molecule has 2 N–H and O–H groups in total. The van der Waals surface area contributed by atoms with Gasteiger partial charge in [-0.15, -0.1) is 0 Å². The second-order valence-corrected chi connectivity index (χ2v) is 3.73. The van der Waals surface area contributed by atoms with Gasteiger partial charge in [0.25, 0.3) is 0 Å². The van der Waals surface area contributed by atoms with E-state index in [2.05, 4.69) is 9.97 Å². The highest BCUT2D eigenvalue weighted by Gasteiger charge is 2.11. The Kier molecular flexibility index (Phi) is 2.99. The fourth-order valence-corrected chi connectivity index (χ4v) is 1.44. The van der Waals surface area contributed by atoms with E-state index in [9.17, 15) is 8.78 Å². The van der Waals surface area contributed by atoms with Crippen LogP contribution < -0.4 is 5.73 Å². The van der Waals surface area contributed by atoms with Crippen molar-refractivity contribution < 1.29 is 8.78 Å². The maximum atomic E-state index is 13.4. The number of nitrogens with two attached hydrogens (primary N) is 1. The summed E-state index contributed by atoms with van der Waals surface area (Å²) in [5.74, 6) is -0.579. The molecule has 5 heteroatoms. The molecule has 3 nitrogen and oxygen atoms in total. The number of nitrogen functional groups attached to an aromatic ring is 1. The summed E-state index contributed by atoms with van der Waals surface area (Å²) in [5.41, 5.74) is 6.30. The van der Waals surface area contributed by atoms with Crippen LogP contribution in [0.1, 0.15) is 17.0 Å². The lowest BCUT2D eigenvalue weighted by molar-refractivity contribution is 0.559. The van der Waals surface area contributed by atoms with Gasteiger partial charge in [0.05, 0.1) is 0 Å². The Morgan fingerprint density at radius 3 is 2.47 bits per heavy atom. The molecule has 0 atom stereocenters. The van der Waals surface area contributed by atoms with Crippen molar-refractivity contribution >= 4 is 5.82 Å². The lowest BCUT2D eigenvalue weighted by Gasteiger charge is -2.05. The summed E-state index contributed by atoms with van der Waals surface area (Å²) in [6.45, 7) is 1.77. The van der Waals surface area contributed by atoms with E-state index in [-0.39, 0.29) is 12.0 Å². The minimum absolute atomic E-state index is 0.0109. The first-order valence-electron chi connectivity index (χ1n) is 5.09. The number of hydrogen-bond acceptors (Lipinski definition) is 3. The van der Waals surface area contributed by atoms with E-state index < -0.39 is 11.6 Å². The summed E-state index contributed by atoms with van der Waals surface area (Å²) in [6.07, 6.45) is 1.53. The summed E-state index contributed by atoms with van der Waals surface area (Å²) >= 11 is 0. The molecule has 88 valence electrons. The van der Waals surface area contributed by atoms with Crippen LogP contribution in [0.3, 0.4) is 0 Å². The molecule has 2 aromatic rings. The second kappa shape index (κ2) is 4.45. The summed E-state index contributed by atoms with van der Waals surface area (Å²) in [7, 11) is 0. The third-order valence-electron chi connectivity index (χ3n) is 2.46. The van der Waals surface area contributed by atoms with Gasteiger partial charge in [-0.25, -0.2) is 18.7 Å². The molecule has 0 amide bonds. The first-order chi connectivity index (χ1) is 8.08. The van der Waals surface area contributed by atoms with Gasteiger partial charge in [0.2, 0.25) is 0 Å². The number of aryl methyl sites for hydroxylation is 1. The van der Waals surface area contributed by atoms with Gasteiger partial charge in [-0.05, 0) is 19.1 Å². The number of halogens is 2. The van der Waals surface area contributed by atoms with Crippen LogP contribution in [0.4, 0.5) is 14.6 Å². The number of anilines is 1. The van der Waals surface area contributed by atoms with Crippen molar-refractivity contribution in [3.8, 4) is 0 Å². The molecule has 0 aliphatic rings. The molecule has 0 saturated carbocycles. The summed E-state index contributed by atoms with van der Waals surface area (Å²) in [5, 5.41) is 0. The van der Waals surface area contributed by atoms with Gasteiger partial charge in [0.1, 0.15) is 23.3 Å². The zero-order chi connectivity index (χ0) is 12.4. The average molecular weight is 235 g/mol. The zero-order valence-corrected chi connectivity index (χ0v) is 9.24. The van der Waals surface area contributed by atoms with Crippen molar-refractivity contribution in [3.63, 3.8) is 0 Å². The van der Waals surface area contributed by atoms with Crippen molar-refractivity contribution in [2.75, 3.05) is 5.73 Å². The molecule has 1 aromatic carbocycles. The van der Waals surface area contributed by atoms with Crippen molar-refractivity contribution in [2.45, 2.75) is 13.3 Å². The van der Waals surface area contributed by atoms with Gasteiger partial charge in [0.15, 0.2) is 0 Å². The van der Waals surface area contributed by atoms with Crippen molar-refractivity contribution in [1.29, 1.82) is 0 Å². The average Bonchev–Trinajstić information content (AvgIpc) is 2.28. The van der Waals surface area contributed by atoms with Crippen LogP contribution in [0.15, 0.2) is 24.4 Å². The largest absolute Gasteiger partial charge is 0.383 e. The maximum absolute atomic E-state index is 13.4. The Morgan fingerprint density at radius 2 is 1.88 bits per heavy atom. The fraction of sp³-hybridized carbons (Fsp3) is 0.167. The molecular formula is C12H11F2N3. The highest BCUT2D eigenvalue weighted by atomic mass is 19.1. The first kappa shape index (κ1) is 11.4. The molecule has 0 aliphatic carbocycles. The molecule has 1 aromatic heterocycles. The molecule has 0 saturated heterocycles. The van der Waals surface area contributed by atoms with Crippen molar-refractivity contribution in [3.05, 3.63) is 53.0 Å². The topological polar surface area (TPSA) is 51.8 Å². The third kappa shape index (κ3) is 2.38. The lowest BCUT2D eigenvalue weighted by Crippen LogP contribution is -2.04. The Balaban J connectivity index is 2.35. The summed E-state index contributed by atoms with van der Waals surface area (Å²) < 4.78 is 26.8. The van der Waals surface area contributed by atoms with E-state index >= 15 is 0 Å². The number of hydrogen-bond donors (Lipinski definition) is 1. The molecule has 2 rings (SSSR count). The van der Waals surface area contributed by atoms with Crippen LogP contribution in [-0.4, -0.2) is 9.97 Å². The molecule has 0 unspecified atom stereocenters. The van der Waals surface area contributed by atoms with Gasteiger partial charge < -0.3 is 5.73 Å². The quantitative estimate of drug-likeness (QED) is 0.868. The van der Waals surface area contributed by atoms with E-state index in [0.717, 1.165) is 5.56 Å². The SMILES string of the molecule is Cc1cnc(Cc2c(F)cccc2F)nc1N. The van der Waals surface area contributed by atoms with Gasteiger partial charge in [-0.2, -0.15) is 0 Å². The Hall–Kier alpha value is -2.04. The molecule has 0 bridgehead atoms. The van der Waals surface area contributed by atoms with E-state index in [4.69, 9.17) is 5.73 Å². The maximum Gasteiger partial charge on any atom is 0.135 e. The van der Waals surface area contributed by atoms with Crippen LogP contribution in [0.5, 0.6) is 0 Å². The van der Waals surface area contributed by atoms with Gasteiger partial charge >= 0.3 is 0 Å². The summed E-state index contributed by atoms with van der Waals surface area (Å²) in [4.78, 5) is 7.98. The fourth-order valence-electron chi connectivity index (χ4n) is 1.44. The van der Waals surface area contributed by atoms with Crippen molar-refractivity contribution in [1.82, 2.24) is 9.97 Å². The molecule has 0 aliphatic heterocycles. The second-order valence-electron chi connectivity index (χ2n) is 3.73. The lowest BCUT2D eigenvalue weighted by atomic mass is 10.1. The van der Waals surface area contributed by atoms with Crippen LogP contribution in [0.25, 0.3) is 0 Å². The Bertz CT molecular complexity index is 535. The molecule has 17 heavy (non-hydrogen) atoms. The highest BCUT2D eigenvalue weighted by molar-refractivity contribution is 5.36. The van der Waals surface area contributed by atoms with Gasteiger partial charge in [-0.3, -0.25) is 0 Å². The number of rotatable bonds is 2. The van der Waals surface area contributed by atoms with Gasteiger partial charge in [-0.1, -0.05) is 6.07 Å². The number of nitrogens with zero attached hydrogens (tertiary/aromatic N) is 2. The third-order valence-corrected chi connectivity index (χ3v) is 2.46. The Morgan fingerprint density at radius 1 is 1.24 bits per heavy atom. The predicted octanol–water partition coefficient (Wildman–Crippen LogP) is 2.24. The van der Waals surface area contributed by atoms with E-state index in [1.807, 2.05) is 0 Å². The Labute approximate surface area is 97.3 Å². The molecule has 0 spiro atoms. The van der Waals surface area contributed by atoms with E-state index in [1.54, 1.807) is 6.92 Å². The highest BCUT2D eigenvalue weighted by Crippen LogP contribution is 2.16. The molecule has 0 fully saturated rings. The number of benzene rings is 1. The van der Waals surface area contributed by atoms with Crippen LogP contribution in [0.2, 0.25) is 0 Å². The molecule has 1 heterocycles. The monoisotopic (exact) mass is 235 g/mol. The first-order valence-corrected chi connectivity index (χ1v) is 5.09. The summed E-state index contributed by atoms with van der Waals surface area (Å²) in [6, 6.07) is 3.73. The predicted molar refractivity (Wildman–Crippen MR) is 60.3 cm³/mol. The molecule has 0 radical (unpaired) electrons. The van der Waals surface area contributed by atoms with Crippen LogP contribution >= 0.6 is 0 Å².